The number of nitrogens with zero attached hydrogens (tertiary/aromatic N) is 2. The van der Waals surface area contributed by atoms with Crippen LogP contribution in [0.3, 0.4) is 0 Å². The summed E-state index contributed by atoms with van der Waals surface area (Å²) in [6.45, 7) is 5.61. The van der Waals surface area contributed by atoms with Gasteiger partial charge in [-0.2, -0.15) is 5.10 Å². The van der Waals surface area contributed by atoms with Gasteiger partial charge in [0.05, 0.1) is 16.8 Å². The first-order valence-electron chi connectivity index (χ1n) is 13.2. The van der Waals surface area contributed by atoms with Crippen molar-refractivity contribution in [3.63, 3.8) is 0 Å². The molecular weight excluding hydrogens is 518 g/mol. The molecule has 0 unspecified atom stereocenters. The highest BCUT2D eigenvalue weighted by atomic mass is 32.2. The second kappa shape index (κ2) is 11.3. The Morgan fingerprint density at radius 2 is 1.43 bits per heavy atom. The van der Waals surface area contributed by atoms with E-state index in [4.69, 9.17) is 0 Å². The number of nitrogens with one attached hydrogen (secondary N) is 1. The Balaban J connectivity index is 1.44. The van der Waals surface area contributed by atoms with Crippen LogP contribution in [-0.4, -0.2) is 27.1 Å². The summed E-state index contributed by atoms with van der Waals surface area (Å²) in [5.41, 5.74) is 5.85. The van der Waals surface area contributed by atoms with Gasteiger partial charge in [-0.1, -0.05) is 92.2 Å². The van der Waals surface area contributed by atoms with Crippen molar-refractivity contribution in [2.45, 2.75) is 31.6 Å². The first-order valence-corrected chi connectivity index (χ1v) is 14.6. The van der Waals surface area contributed by atoms with Gasteiger partial charge in [0.2, 0.25) is 0 Å². The average molecular weight is 550 g/mol. The molecule has 0 aliphatic rings. The number of aryl methyl sites for hydroxylation is 1. The van der Waals surface area contributed by atoms with Gasteiger partial charge >= 0.3 is 0 Å². The third-order valence-electron chi connectivity index (χ3n) is 6.94. The van der Waals surface area contributed by atoms with Crippen molar-refractivity contribution in [1.82, 2.24) is 5.43 Å². The maximum Gasteiger partial charge on any atom is 0.264 e. The summed E-state index contributed by atoms with van der Waals surface area (Å²) in [5, 5.41) is 8.39. The van der Waals surface area contributed by atoms with Crippen LogP contribution < -0.4 is 9.73 Å². The smallest absolute Gasteiger partial charge is 0.264 e. The van der Waals surface area contributed by atoms with E-state index in [-0.39, 0.29) is 4.90 Å². The van der Waals surface area contributed by atoms with Gasteiger partial charge in [-0.15, -0.1) is 0 Å². The van der Waals surface area contributed by atoms with Crippen molar-refractivity contribution in [2.75, 3.05) is 10.8 Å². The molecule has 0 saturated carbocycles. The molecule has 7 heteroatoms. The van der Waals surface area contributed by atoms with E-state index in [1.54, 1.807) is 42.6 Å². The molecule has 0 aliphatic heterocycles. The standard InChI is InChI=1S/C33H31N3O3S/c1-23(2)25-14-16-28(17-15-25)36(40(38,39)29-18-12-24(3)13-19-29)22-33(37)35-34-21-32-30-10-6-4-8-26(30)20-27-9-5-7-11-31(27)32/h4-21,23H,22H2,1-3H3,(H,35,37)/b34-21+. The quantitative estimate of drug-likeness (QED) is 0.132. The van der Waals surface area contributed by atoms with E-state index in [0.717, 1.165) is 42.5 Å². The Morgan fingerprint density at radius 3 is 2.00 bits per heavy atom. The van der Waals surface area contributed by atoms with Crippen molar-refractivity contribution in [3.8, 4) is 0 Å². The van der Waals surface area contributed by atoms with Gasteiger partial charge in [-0.25, -0.2) is 13.8 Å². The Morgan fingerprint density at radius 1 is 0.850 bits per heavy atom. The molecule has 0 aromatic heterocycles. The molecule has 0 spiro atoms. The summed E-state index contributed by atoms with van der Waals surface area (Å²) >= 11 is 0. The fraction of sp³-hybridized carbons (Fsp3) is 0.152. The number of carbonyl (C=O) groups excluding carboxylic acids is 1. The minimum Gasteiger partial charge on any atom is -0.271 e. The van der Waals surface area contributed by atoms with Crippen LogP contribution in [0, 0.1) is 6.92 Å². The van der Waals surface area contributed by atoms with E-state index in [9.17, 15) is 13.2 Å². The van der Waals surface area contributed by atoms with Crippen LogP contribution in [0.2, 0.25) is 0 Å². The summed E-state index contributed by atoms with van der Waals surface area (Å²) in [4.78, 5) is 13.2. The minimum absolute atomic E-state index is 0.115. The maximum absolute atomic E-state index is 13.7. The van der Waals surface area contributed by atoms with Crippen molar-refractivity contribution in [2.24, 2.45) is 5.10 Å². The number of amides is 1. The molecule has 5 rings (SSSR count). The molecular formula is C33H31N3O3S. The topological polar surface area (TPSA) is 78.8 Å². The first kappa shape index (κ1) is 27.1. The highest BCUT2D eigenvalue weighted by molar-refractivity contribution is 7.92. The van der Waals surface area contributed by atoms with E-state index in [1.807, 2.05) is 67.6 Å². The summed E-state index contributed by atoms with van der Waals surface area (Å²) in [6.07, 6.45) is 1.62. The van der Waals surface area contributed by atoms with Crippen LogP contribution in [0.15, 0.2) is 113 Å². The third-order valence-corrected chi connectivity index (χ3v) is 8.73. The highest BCUT2D eigenvalue weighted by Crippen LogP contribution is 2.28. The molecule has 0 bridgehead atoms. The van der Waals surface area contributed by atoms with Crippen molar-refractivity contribution >= 4 is 49.4 Å². The zero-order valence-corrected chi connectivity index (χ0v) is 23.5. The van der Waals surface area contributed by atoms with E-state index in [1.165, 1.54) is 0 Å². The second-order valence-electron chi connectivity index (χ2n) is 10.1. The van der Waals surface area contributed by atoms with Gasteiger partial charge in [0.15, 0.2) is 0 Å². The number of rotatable bonds is 8. The summed E-state index contributed by atoms with van der Waals surface area (Å²) in [5.74, 6) is -0.261. The van der Waals surface area contributed by atoms with Crippen molar-refractivity contribution in [1.29, 1.82) is 0 Å². The molecule has 0 radical (unpaired) electrons. The third kappa shape index (κ3) is 5.60. The maximum atomic E-state index is 13.7. The number of anilines is 1. The zero-order valence-electron chi connectivity index (χ0n) is 22.7. The van der Waals surface area contributed by atoms with E-state index >= 15 is 0 Å². The van der Waals surface area contributed by atoms with Gasteiger partial charge < -0.3 is 0 Å². The molecule has 5 aromatic carbocycles. The van der Waals surface area contributed by atoms with Gasteiger partial charge in [0.1, 0.15) is 6.54 Å². The molecule has 0 fully saturated rings. The van der Waals surface area contributed by atoms with Gasteiger partial charge in [0, 0.05) is 5.56 Å². The number of hydrogen-bond acceptors (Lipinski definition) is 4. The van der Waals surface area contributed by atoms with E-state index < -0.39 is 22.5 Å². The number of fused-ring (bicyclic) bond motifs is 2. The van der Waals surface area contributed by atoms with Crippen LogP contribution >= 0.6 is 0 Å². The Kier molecular flexibility index (Phi) is 7.67. The molecule has 202 valence electrons. The van der Waals surface area contributed by atoms with Crippen molar-refractivity contribution in [3.05, 3.63) is 120 Å². The summed E-state index contributed by atoms with van der Waals surface area (Å²) in [7, 11) is -4.01. The SMILES string of the molecule is Cc1ccc(S(=O)(=O)N(CC(=O)N/N=C/c2c3ccccc3cc3ccccc23)c2ccc(C(C)C)cc2)cc1. The van der Waals surface area contributed by atoms with Crippen LogP contribution in [0.4, 0.5) is 5.69 Å². The average Bonchev–Trinajstić information content (AvgIpc) is 2.95. The molecule has 0 atom stereocenters. The van der Waals surface area contributed by atoms with Gasteiger partial charge in [-0.3, -0.25) is 9.10 Å². The number of carbonyl (C=O) groups is 1. The van der Waals surface area contributed by atoms with Crippen LogP contribution in [0.1, 0.15) is 36.5 Å². The summed E-state index contributed by atoms with van der Waals surface area (Å²) < 4.78 is 28.5. The first-order chi connectivity index (χ1) is 19.2. The largest absolute Gasteiger partial charge is 0.271 e. The number of hydrazone groups is 1. The Bertz CT molecular complexity index is 1760. The molecule has 0 aliphatic carbocycles. The lowest BCUT2D eigenvalue weighted by molar-refractivity contribution is -0.119. The van der Waals surface area contributed by atoms with E-state index in [2.05, 4.69) is 30.4 Å². The zero-order chi connectivity index (χ0) is 28.3. The number of sulfonamides is 1. The molecule has 0 saturated heterocycles. The Labute approximate surface area is 235 Å². The monoisotopic (exact) mass is 549 g/mol. The van der Waals surface area contributed by atoms with E-state index in [0.29, 0.717) is 11.6 Å². The highest BCUT2D eigenvalue weighted by Gasteiger charge is 2.27. The minimum atomic E-state index is -4.01. The van der Waals surface area contributed by atoms with Gasteiger partial charge in [-0.05, 0) is 70.3 Å². The molecule has 6 nitrogen and oxygen atoms in total. The number of benzene rings is 5. The molecule has 0 heterocycles. The normalized spacial score (nSPS) is 11.9. The Hall–Kier alpha value is -4.49. The van der Waals surface area contributed by atoms with Crippen LogP contribution in [0.5, 0.6) is 0 Å². The fourth-order valence-electron chi connectivity index (χ4n) is 4.70. The lowest BCUT2D eigenvalue weighted by Crippen LogP contribution is -2.39. The predicted molar refractivity (Wildman–Crippen MR) is 163 cm³/mol. The fourth-order valence-corrected chi connectivity index (χ4v) is 6.12. The summed E-state index contributed by atoms with van der Waals surface area (Å²) in [6, 6.07) is 32.0. The molecule has 1 N–H and O–H groups in total. The second-order valence-corrected chi connectivity index (χ2v) is 12.0. The van der Waals surface area contributed by atoms with Gasteiger partial charge in [0.25, 0.3) is 15.9 Å². The molecule has 5 aromatic rings. The van der Waals surface area contributed by atoms with Crippen LogP contribution in [0.25, 0.3) is 21.5 Å². The lowest BCUT2D eigenvalue weighted by Gasteiger charge is -2.24. The number of hydrogen-bond donors (Lipinski definition) is 1. The lowest BCUT2D eigenvalue weighted by atomic mass is 9.97. The van der Waals surface area contributed by atoms with Crippen LogP contribution in [-0.2, 0) is 14.8 Å². The van der Waals surface area contributed by atoms with Crippen molar-refractivity contribution < 1.29 is 13.2 Å². The molecule has 1 amide bonds. The molecule has 40 heavy (non-hydrogen) atoms. The predicted octanol–water partition coefficient (Wildman–Crippen LogP) is 6.77.